The van der Waals surface area contributed by atoms with Crippen molar-refractivity contribution in [1.29, 1.82) is 0 Å². The van der Waals surface area contributed by atoms with Gasteiger partial charge in [-0.2, -0.15) is 0 Å². The van der Waals surface area contributed by atoms with Crippen molar-refractivity contribution in [2.45, 2.75) is 31.8 Å². The predicted molar refractivity (Wildman–Crippen MR) is 71.2 cm³/mol. The molecule has 1 aliphatic carbocycles. The molecule has 0 heterocycles. The van der Waals surface area contributed by atoms with Gasteiger partial charge in [0, 0.05) is 25.6 Å². The number of rotatable bonds is 6. The second-order valence-electron chi connectivity index (χ2n) is 4.67. The van der Waals surface area contributed by atoms with Crippen molar-refractivity contribution in [3.8, 4) is 0 Å². The van der Waals surface area contributed by atoms with Gasteiger partial charge in [-0.25, -0.2) is 8.78 Å². The monoisotopic (exact) mass is 270 g/mol. The molecule has 1 saturated carbocycles. The fourth-order valence-corrected chi connectivity index (χ4v) is 2.05. The second kappa shape index (κ2) is 5.71. The molecule has 0 saturated heterocycles. The summed E-state index contributed by atoms with van der Waals surface area (Å²) in [5.74, 6) is -1.60. The van der Waals surface area contributed by atoms with Crippen LogP contribution in [0.1, 0.15) is 24.8 Å². The Balaban J connectivity index is 1.99. The third-order valence-electron chi connectivity index (χ3n) is 3.08. The molecule has 5 heteroatoms. The number of thiocarbonyl (C=S) groups is 1. The van der Waals surface area contributed by atoms with E-state index in [0.29, 0.717) is 24.0 Å². The first-order chi connectivity index (χ1) is 8.56. The smallest absolute Gasteiger partial charge is 0.159 e. The standard InChI is InChI=1S/C13H16F2N2S/c14-11-4-1-9(7-12(11)15)8-17(10-2-3-10)6-5-13(16)18/h1,4,7,10H,2-3,5-6,8H2,(H2,16,18). The largest absolute Gasteiger partial charge is 0.393 e. The lowest BCUT2D eigenvalue weighted by molar-refractivity contribution is 0.262. The highest BCUT2D eigenvalue weighted by molar-refractivity contribution is 7.80. The lowest BCUT2D eigenvalue weighted by atomic mass is 10.2. The SMILES string of the molecule is NC(=S)CCN(Cc1ccc(F)c(F)c1)C1CC1. The van der Waals surface area contributed by atoms with Crippen LogP contribution in [0.2, 0.25) is 0 Å². The van der Waals surface area contributed by atoms with E-state index in [9.17, 15) is 8.78 Å². The summed E-state index contributed by atoms with van der Waals surface area (Å²) < 4.78 is 26.0. The molecule has 0 atom stereocenters. The normalized spacial score (nSPS) is 15.1. The Morgan fingerprint density at radius 3 is 2.61 bits per heavy atom. The molecule has 2 rings (SSSR count). The van der Waals surface area contributed by atoms with E-state index in [4.69, 9.17) is 18.0 Å². The van der Waals surface area contributed by atoms with Crippen LogP contribution < -0.4 is 5.73 Å². The van der Waals surface area contributed by atoms with Crippen LogP contribution >= 0.6 is 12.2 Å². The molecule has 98 valence electrons. The number of benzene rings is 1. The van der Waals surface area contributed by atoms with Crippen molar-refractivity contribution in [1.82, 2.24) is 4.90 Å². The summed E-state index contributed by atoms with van der Waals surface area (Å²) >= 11 is 4.86. The molecule has 0 radical (unpaired) electrons. The topological polar surface area (TPSA) is 29.3 Å². The summed E-state index contributed by atoms with van der Waals surface area (Å²) in [6.07, 6.45) is 2.97. The third-order valence-corrected chi connectivity index (χ3v) is 3.28. The Kier molecular flexibility index (Phi) is 4.24. The summed E-state index contributed by atoms with van der Waals surface area (Å²) in [6.45, 7) is 1.39. The number of nitrogens with zero attached hydrogens (tertiary/aromatic N) is 1. The van der Waals surface area contributed by atoms with Gasteiger partial charge in [-0.05, 0) is 30.5 Å². The first-order valence-electron chi connectivity index (χ1n) is 6.02. The molecule has 1 fully saturated rings. The van der Waals surface area contributed by atoms with Crippen LogP contribution in [0.15, 0.2) is 18.2 Å². The fraction of sp³-hybridized carbons (Fsp3) is 0.462. The number of hydrogen-bond donors (Lipinski definition) is 1. The van der Waals surface area contributed by atoms with Gasteiger partial charge in [0.1, 0.15) is 0 Å². The molecule has 0 bridgehead atoms. The molecule has 2 N–H and O–H groups in total. The van der Waals surface area contributed by atoms with Crippen molar-refractivity contribution in [2.75, 3.05) is 6.54 Å². The molecule has 1 aromatic carbocycles. The van der Waals surface area contributed by atoms with E-state index in [2.05, 4.69) is 4.90 Å². The van der Waals surface area contributed by atoms with E-state index < -0.39 is 11.6 Å². The Hall–Kier alpha value is -1.07. The average Bonchev–Trinajstić information content (AvgIpc) is 3.13. The minimum Gasteiger partial charge on any atom is -0.393 e. The van der Waals surface area contributed by atoms with Crippen LogP contribution in [0.4, 0.5) is 8.78 Å². The molecule has 0 unspecified atom stereocenters. The van der Waals surface area contributed by atoms with Crippen molar-refractivity contribution in [3.63, 3.8) is 0 Å². The van der Waals surface area contributed by atoms with E-state index in [-0.39, 0.29) is 0 Å². The predicted octanol–water partition coefficient (Wildman–Crippen LogP) is 2.61. The van der Waals surface area contributed by atoms with Gasteiger partial charge < -0.3 is 5.73 Å². The van der Waals surface area contributed by atoms with Gasteiger partial charge >= 0.3 is 0 Å². The zero-order valence-electron chi connectivity index (χ0n) is 10.0. The Bertz CT molecular complexity index is 447. The Morgan fingerprint density at radius 2 is 2.06 bits per heavy atom. The first kappa shape index (κ1) is 13.4. The zero-order valence-corrected chi connectivity index (χ0v) is 10.9. The van der Waals surface area contributed by atoms with Gasteiger partial charge in [-0.15, -0.1) is 0 Å². The summed E-state index contributed by atoms with van der Waals surface area (Å²) in [5.41, 5.74) is 6.28. The molecule has 2 nitrogen and oxygen atoms in total. The Morgan fingerprint density at radius 1 is 1.33 bits per heavy atom. The summed E-state index contributed by atoms with van der Waals surface area (Å²) in [6, 6.07) is 4.58. The second-order valence-corrected chi connectivity index (χ2v) is 5.19. The molecular weight excluding hydrogens is 254 g/mol. The molecule has 0 amide bonds. The number of hydrogen-bond acceptors (Lipinski definition) is 2. The molecule has 0 spiro atoms. The van der Waals surface area contributed by atoms with Gasteiger partial charge in [0.15, 0.2) is 11.6 Å². The Labute approximate surface area is 111 Å². The molecule has 0 aromatic heterocycles. The average molecular weight is 270 g/mol. The minimum absolute atomic E-state index is 0.492. The van der Waals surface area contributed by atoms with Crippen LogP contribution in [0, 0.1) is 11.6 Å². The van der Waals surface area contributed by atoms with Crippen molar-refractivity contribution in [3.05, 3.63) is 35.4 Å². The molecule has 1 aliphatic rings. The highest BCUT2D eigenvalue weighted by Gasteiger charge is 2.28. The fourth-order valence-electron chi connectivity index (χ4n) is 1.96. The van der Waals surface area contributed by atoms with Crippen LogP contribution in [-0.4, -0.2) is 22.5 Å². The van der Waals surface area contributed by atoms with Crippen molar-refractivity contribution < 1.29 is 8.78 Å². The lowest BCUT2D eigenvalue weighted by Crippen LogP contribution is -2.29. The van der Waals surface area contributed by atoms with Gasteiger partial charge in [0.2, 0.25) is 0 Å². The lowest BCUT2D eigenvalue weighted by Gasteiger charge is -2.21. The highest BCUT2D eigenvalue weighted by Crippen LogP contribution is 2.28. The quantitative estimate of drug-likeness (QED) is 0.806. The molecule has 18 heavy (non-hydrogen) atoms. The van der Waals surface area contributed by atoms with Gasteiger partial charge in [0.25, 0.3) is 0 Å². The summed E-state index contributed by atoms with van der Waals surface area (Å²) in [4.78, 5) is 2.72. The van der Waals surface area contributed by atoms with E-state index in [1.165, 1.54) is 12.1 Å². The summed E-state index contributed by atoms with van der Waals surface area (Å²) in [5, 5.41) is 0. The summed E-state index contributed by atoms with van der Waals surface area (Å²) in [7, 11) is 0. The maximum absolute atomic E-state index is 13.1. The van der Waals surface area contributed by atoms with Gasteiger partial charge in [-0.1, -0.05) is 18.3 Å². The van der Waals surface area contributed by atoms with Crippen LogP contribution in [-0.2, 0) is 6.54 Å². The maximum Gasteiger partial charge on any atom is 0.159 e. The van der Waals surface area contributed by atoms with Crippen LogP contribution in [0.5, 0.6) is 0 Å². The molecule has 1 aromatic rings. The van der Waals surface area contributed by atoms with Crippen molar-refractivity contribution in [2.24, 2.45) is 5.73 Å². The highest BCUT2D eigenvalue weighted by atomic mass is 32.1. The first-order valence-corrected chi connectivity index (χ1v) is 6.43. The van der Waals surface area contributed by atoms with Crippen LogP contribution in [0.3, 0.4) is 0 Å². The number of halogens is 2. The van der Waals surface area contributed by atoms with E-state index in [1.807, 2.05) is 0 Å². The third kappa shape index (κ3) is 3.71. The molecule has 0 aliphatic heterocycles. The van der Waals surface area contributed by atoms with Gasteiger partial charge in [0.05, 0.1) is 4.99 Å². The number of nitrogens with two attached hydrogens (primary N) is 1. The van der Waals surface area contributed by atoms with Crippen molar-refractivity contribution >= 4 is 17.2 Å². The minimum atomic E-state index is -0.806. The van der Waals surface area contributed by atoms with E-state index in [0.717, 1.165) is 24.9 Å². The van der Waals surface area contributed by atoms with Gasteiger partial charge in [-0.3, -0.25) is 4.90 Å². The zero-order chi connectivity index (χ0) is 13.1. The van der Waals surface area contributed by atoms with E-state index >= 15 is 0 Å². The maximum atomic E-state index is 13.1. The molecular formula is C13H16F2N2S. The van der Waals surface area contributed by atoms with E-state index in [1.54, 1.807) is 6.07 Å². The van der Waals surface area contributed by atoms with Crippen LogP contribution in [0.25, 0.3) is 0 Å².